The Hall–Kier alpha value is -2.39. The molecule has 2 aromatic carbocycles. The number of aromatic nitrogens is 2. The lowest BCUT2D eigenvalue weighted by molar-refractivity contribution is 0.479. The van der Waals surface area contributed by atoms with Gasteiger partial charge in [-0.3, -0.25) is 5.10 Å². The third kappa shape index (κ3) is 3.00. The number of H-pyrrole nitrogens is 1. The van der Waals surface area contributed by atoms with Crippen molar-refractivity contribution in [1.82, 2.24) is 10.2 Å². The first kappa shape index (κ1) is 16.5. The van der Waals surface area contributed by atoms with Crippen molar-refractivity contribution in [1.29, 1.82) is 0 Å². The SMILES string of the molecule is Cc1[nH]nc2ccc(S(=O)(=O)Oc3ccccc3S(C)(=O)=O)cc12. The Kier molecular flexibility index (Phi) is 3.84. The number of sulfone groups is 1. The molecule has 0 aliphatic rings. The second kappa shape index (κ2) is 5.60. The van der Waals surface area contributed by atoms with Crippen LogP contribution in [0.15, 0.2) is 52.3 Å². The molecule has 0 unspecified atom stereocenters. The Balaban J connectivity index is 2.07. The van der Waals surface area contributed by atoms with E-state index in [0.717, 1.165) is 11.9 Å². The summed E-state index contributed by atoms with van der Waals surface area (Å²) >= 11 is 0. The molecule has 3 aromatic rings. The van der Waals surface area contributed by atoms with Crippen molar-refractivity contribution in [3.63, 3.8) is 0 Å². The second-order valence-corrected chi connectivity index (χ2v) is 8.81. The number of para-hydroxylation sites is 1. The molecule has 1 aromatic heterocycles. The van der Waals surface area contributed by atoms with Gasteiger partial charge >= 0.3 is 10.1 Å². The van der Waals surface area contributed by atoms with Gasteiger partial charge in [-0.2, -0.15) is 13.5 Å². The predicted molar refractivity (Wildman–Crippen MR) is 88.2 cm³/mol. The van der Waals surface area contributed by atoms with E-state index in [1.807, 2.05) is 0 Å². The van der Waals surface area contributed by atoms with Gasteiger partial charge in [-0.1, -0.05) is 12.1 Å². The van der Waals surface area contributed by atoms with Crippen LogP contribution in [0.5, 0.6) is 5.75 Å². The summed E-state index contributed by atoms with van der Waals surface area (Å²) in [5.74, 6) is -0.232. The molecule has 0 fully saturated rings. The van der Waals surface area contributed by atoms with Crippen LogP contribution in [0.2, 0.25) is 0 Å². The first-order valence-electron chi connectivity index (χ1n) is 6.87. The topological polar surface area (TPSA) is 106 Å². The Morgan fingerprint density at radius 3 is 2.46 bits per heavy atom. The number of aromatic amines is 1. The third-order valence-corrected chi connectivity index (χ3v) is 5.82. The summed E-state index contributed by atoms with van der Waals surface area (Å²) in [5.41, 5.74) is 1.35. The van der Waals surface area contributed by atoms with Gasteiger partial charge in [0, 0.05) is 17.3 Å². The molecule has 0 saturated heterocycles. The average Bonchev–Trinajstić information content (AvgIpc) is 2.87. The molecule has 0 radical (unpaired) electrons. The summed E-state index contributed by atoms with van der Waals surface area (Å²) in [4.78, 5) is -0.267. The highest BCUT2D eigenvalue weighted by Gasteiger charge is 2.22. The van der Waals surface area contributed by atoms with Gasteiger partial charge in [0.1, 0.15) is 9.79 Å². The quantitative estimate of drug-likeness (QED) is 0.708. The largest absolute Gasteiger partial charge is 0.378 e. The number of rotatable bonds is 4. The first-order chi connectivity index (χ1) is 11.2. The maximum Gasteiger partial charge on any atom is 0.339 e. The lowest BCUT2D eigenvalue weighted by Crippen LogP contribution is -2.12. The van der Waals surface area contributed by atoms with Crippen LogP contribution in [-0.4, -0.2) is 33.3 Å². The van der Waals surface area contributed by atoms with E-state index in [1.165, 1.54) is 36.4 Å². The number of aryl methyl sites for hydroxylation is 1. The molecule has 0 spiro atoms. The Bertz CT molecular complexity index is 1130. The number of benzene rings is 2. The highest BCUT2D eigenvalue weighted by molar-refractivity contribution is 7.91. The van der Waals surface area contributed by atoms with Gasteiger partial charge < -0.3 is 4.18 Å². The van der Waals surface area contributed by atoms with Crippen molar-refractivity contribution in [3.05, 3.63) is 48.2 Å². The summed E-state index contributed by atoms with van der Waals surface area (Å²) in [6.45, 7) is 1.77. The van der Waals surface area contributed by atoms with Crippen molar-refractivity contribution in [2.75, 3.05) is 6.26 Å². The average molecular weight is 366 g/mol. The maximum absolute atomic E-state index is 12.5. The third-order valence-electron chi connectivity index (χ3n) is 3.45. The van der Waals surface area contributed by atoms with Crippen LogP contribution in [0.25, 0.3) is 10.9 Å². The minimum Gasteiger partial charge on any atom is -0.378 e. The Labute approximate surface area is 139 Å². The first-order valence-corrected chi connectivity index (χ1v) is 10.2. The molecule has 0 saturated carbocycles. The van der Waals surface area contributed by atoms with E-state index in [4.69, 9.17) is 4.18 Å². The normalized spacial score (nSPS) is 12.4. The van der Waals surface area contributed by atoms with Gasteiger partial charge in [-0.05, 0) is 37.3 Å². The molecule has 0 bridgehead atoms. The molecule has 3 rings (SSSR count). The minimum absolute atomic E-state index is 0.0807. The highest BCUT2D eigenvalue weighted by Crippen LogP contribution is 2.28. The fourth-order valence-electron chi connectivity index (χ4n) is 2.26. The van der Waals surface area contributed by atoms with Crippen LogP contribution in [0.1, 0.15) is 5.69 Å². The van der Waals surface area contributed by atoms with Gasteiger partial charge in [-0.25, -0.2) is 8.42 Å². The van der Waals surface area contributed by atoms with Crippen LogP contribution in [0, 0.1) is 6.92 Å². The van der Waals surface area contributed by atoms with Crippen LogP contribution >= 0.6 is 0 Å². The van der Waals surface area contributed by atoms with Gasteiger partial charge in [-0.15, -0.1) is 0 Å². The zero-order valence-electron chi connectivity index (χ0n) is 12.8. The molecule has 1 N–H and O–H groups in total. The molecule has 1 heterocycles. The van der Waals surface area contributed by atoms with Gasteiger partial charge in [0.05, 0.1) is 5.52 Å². The molecular formula is C15H14N2O5S2. The Morgan fingerprint density at radius 2 is 1.75 bits per heavy atom. The Morgan fingerprint density at radius 1 is 1.04 bits per heavy atom. The van der Waals surface area contributed by atoms with Crippen molar-refractivity contribution in [2.45, 2.75) is 16.7 Å². The van der Waals surface area contributed by atoms with Crippen LogP contribution in [0.4, 0.5) is 0 Å². The predicted octanol–water partition coefficient (Wildman–Crippen LogP) is 2.04. The lowest BCUT2D eigenvalue weighted by Gasteiger charge is -2.10. The van der Waals surface area contributed by atoms with E-state index in [9.17, 15) is 16.8 Å². The molecule has 0 amide bonds. The minimum atomic E-state index is -4.19. The van der Waals surface area contributed by atoms with Crippen molar-refractivity contribution >= 4 is 30.9 Å². The van der Waals surface area contributed by atoms with Crippen molar-refractivity contribution < 1.29 is 21.0 Å². The number of fused-ring (bicyclic) bond motifs is 1. The van der Waals surface area contributed by atoms with Crippen LogP contribution in [0.3, 0.4) is 0 Å². The monoisotopic (exact) mass is 366 g/mol. The van der Waals surface area contributed by atoms with Gasteiger partial charge in [0.25, 0.3) is 0 Å². The van der Waals surface area contributed by atoms with E-state index in [-0.39, 0.29) is 15.5 Å². The summed E-state index contributed by atoms with van der Waals surface area (Å²) in [5, 5.41) is 7.45. The maximum atomic E-state index is 12.5. The molecule has 7 nitrogen and oxygen atoms in total. The fraction of sp³-hybridized carbons (Fsp3) is 0.133. The van der Waals surface area contributed by atoms with E-state index in [0.29, 0.717) is 10.9 Å². The fourth-order valence-corrected chi connectivity index (χ4v) is 4.09. The smallest absolute Gasteiger partial charge is 0.339 e. The van der Waals surface area contributed by atoms with Gasteiger partial charge in [0.15, 0.2) is 15.6 Å². The lowest BCUT2D eigenvalue weighted by atomic mass is 10.2. The number of hydrogen-bond acceptors (Lipinski definition) is 6. The van der Waals surface area contributed by atoms with Gasteiger partial charge in [0.2, 0.25) is 0 Å². The molecule has 0 atom stereocenters. The van der Waals surface area contributed by atoms with E-state index >= 15 is 0 Å². The molecule has 0 aliphatic carbocycles. The molecule has 9 heteroatoms. The van der Waals surface area contributed by atoms with E-state index in [1.54, 1.807) is 13.0 Å². The highest BCUT2D eigenvalue weighted by atomic mass is 32.2. The molecule has 24 heavy (non-hydrogen) atoms. The summed E-state index contributed by atoms with van der Waals surface area (Å²) in [6.07, 6.45) is 0.989. The van der Waals surface area contributed by atoms with Crippen LogP contribution < -0.4 is 4.18 Å². The molecular weight excluding hydrogens is 352 g/mol. The number of nitrogens with zero attached hydrogens (tertiary/aromatic N) is 1. The molecule has 0 aliphatic heterocycles. The number of nitrogens with one attached hydrogen (secondary N) is 1. The number of hydrogen-bond donors (Lipinski definition) is 1. The summed E-state index contributed by atoms with van der Waals surface area (Å²) in [7, 11) is -7.81. The summed E-state index contributed by atoms with van der Waals surface area (Å²) < 4.78 is 53.6. The van der Waals surface area contributed by atoms with Crippen LogP contribution in [-0.2, 0) is 20.0 Å². The zero-order chi connectivity index (χ0) is 17.5. The molecule has 126 valence electrons. The second-order valence-electron chi connectivity index (χ2n) is 5.28. The van der Waals surface area contributed by atoms with Crippen molar-refractivity contribution in [3.8, 4) is 5.75 Å². The van der Waals surface area contributed by atoms with E-state index < -0.39 is 20.0 Å². The summed E-state index contributed by atoms with van der Waals surface area (Å²) in [6, 6.07) is 9.95. The van der Waals surface area contributed by atoms with Crippen molar-refractivity contribution in [2.24, 2.45) is 0 Å². The zero-order valence-corrected chi connectivity index (χ0v) is 14.5. The van der Waals surface area contributed by atoms with E-state index in [2.05, 4.69) is 10.2 Å². The standard InChI is InChI=1S/C15H14N2O5S2/c1-10-12-9-11(7-8-13(12)17-16-10)24(20,21)22-14-5-3-4-6-15(14)23(2,18)19/h3-9H,1-2H3,(H,16,17).